The van der Waals surface area contributed by atoms with E-state index < -0.39 is 10.9 Å². The largest absolute Gasteiger partial charge is 0.478 e. The minimum atomic E-state index is -1.17. The Morgan fingerprint density at radius 2 is 2.05 bits per heavy atom. The lowest BCUT2D eigenvalue weighted by Crippen LogP contribution is -2.24. The molecule has 0 aromatic carbocycles. The summed E-state index contributed by atoms with van der Waals surface area (Å²) in [4.78, 5) is 27.4. The van der Waals surface area contributed by atoms with Gasteiger partial charge in [0.2, 0.25) is 0 Å². The second kappa shape index (κ2) is 4.73. The van der Waals surface area contributed by atoms with Gasteiger partial charge in [-0.05, 0) is 24.7 Å². The molecule has 2 fully saturated rings. The van der Waals surface area contributed by atoms with Crippen LogP contribution in [-0.2, 0) is 0 Å². The van der Waals surface area contributed by atoms with Gasteiger partial charge in [0, 0.05) is 19.2 Å². The summed E-state index contributed by atoms with van der Waals surface area (Å²) < 4.78 is 0. The summed E-state index contributed by atoms with van der Waals surface area (Å²) in [6, 6.07) is 1.10. The van der Waals surface area contributed by atoms with Gasteiger partial charge in [-0.25, -0.2) is 9.78 Å². The normalized spacial score (nSPS) is 24.7. The Morgan fingerprint density at radius 1 is 1.40 bits per heavy atom. The summed E-state index contributed by atoms with van der Waals surface area (Å²) in [6.07, 6.45) is 4.73. The third-order valence-corrected chi connectivity index (χ3v) is 4.32. The van der Waals surface area contributed by atoms with Crippen molar-refractivity contribution in [3.63, 3.8) is 0 Å². The number of carbonyl (C=O) groups is 1. The Morgan fingerprint density at radius 3 is 2.60 bits per heavy atom. The van der Waals surface area contributed by atoms with Crippen molar-refractivity contribution in [2.45, 2.75) is 19.3 Å². The maximum atomic E-state index is 11.3. The SMILES string of the molecule is O=C(O)c1cc([N+](=O)[O-])cnc1N1CC2CCCC2C1. The number of nitrogens with zero attached hydrogens (tertiary/aromatic N) is 3. The maximum absolute atomic E-state index is 11.3. The van der Waals surface area contributed by atoms with E-state index in [0.29, 0.717) is 17.7 Å². The van der Waals surface area contributed by atoms with Gasteiger partial charge < -0.3 is 10.0 Å². The molecule has 1 aromatic rings. The zero-order valence-corrected chi connectivity index (χ0v) is 10.9. The average Bonchev–Trinajstić information content (AvgIpc) is 2.98. The number of fused-ring (bicyclic) bond motifs is 1. The van der Waals surface area contributed by atoms with Crippen molar-refractivity contribution in [3.8, 4) is 0 Å². The van der Waals surface area contributed by atoms with E-state index in [4.69, 9.17) is 0 Å². The Kier molecular flexibility index (Phi) is 3.04. The standard InChI is InChI=1S/C13H15N3O4/c17-13(18)11-4-10(16(19)20)5-14-12(11)15-6-8-2-1-3-9(8)7-15/h4-5,8-9H,1-3,6-7H2,(H,17,18). The molecule has 1 aliphatic heterocycles. The minimum Gasteiger partial charge on any atom is -0.478 e. The van der Waals surface area contributed by atoms with Crippen LogP contribution in [0.3, 0.4) is 0 Å². The summed E-state index contributed by atoms with van der Waals surface area (Å²) >= 11 is 0. The van der Waals surface area contributed by atoms with Gasteiger partial charge in [-0.1, -0.05) is 6.42 Å². The summed E-state index contributed by atoms with van der Waals surface area (Å²) in [5, 5.41) is 20.0. The molecule has 7 nitrogen and oxygen atoms in total. The highest BCUT2D eigenvalue weighted by atomic mass is 16.6. The number of aromatic carboxylic acids is 1. The number of rotatable bonds is 3. The van der Waals surface area contributed by atoms with Gasteiger partial charge in [0.15, 0.2) is 0 Å². The number of aromatic nitrogens is 1. The molecule has 7 heteroatoms. The van der Waals surface area contributed by atoms with Crippen molar-refractivity contribution in [3.05, 3.63) is 27.9 Å². The third-order valence-electron chi connectivity index (χ3n) is 4.32. The van der Waals surface area contributed by atoms with Gasteiger partial charge in [0.25, 0.3) is 5.69 Å². The van der Waals surface area contributed by atoms with Crippen LogP contribution in [0.15, 0.2) is 12.3 Å². The smallest absolute Gasteiger partial charge is 0.339 e. The maximum Gasteiger partial charge on any atom is 0.339 e. The van der Waals surface area contributed by atoms with Crippen molar-refractivity contribution in [1.82, 2.24) is 4.98 Å². The van der Waals surface area contributed by atoms with Crippen molar-refractivity contribution >= 4 is 17.5 Å². The molecule has 1 saturated heterocycles. The van der Waals surface area contributed by atoms with E-state index in [1.165, 1.54) is 19.3 Å². The fourth-order valence-corrected chi connectivity index (χ4v) is 3.36. The summed E-state index contributed by atoms with van der Waals surface area (Å²) in [5.41, 5.74) is -0.371. The van der Waals surface area contributed by atoms with Gasteiger partial charge in [-0.15, -0.1) is 0 Å². The molecule has 1 aromatic heterocycles. The highest BCUT2D eigenvalue weighted by Gasteiger charge is 2.38. The van der Waals surface area contributed by atoms with E-state index in [9.17, 15) is 20.0 Å². The van der Waals surface area contributed by atoms with Gasteiger partial charge >= 0.3 is 5.97 Å². The Labute approximate surface area is 115 Å². The third kappa shape index (κ3) is 2.09. The first-order valence-corrected chi connectivity index (χ1v) is 6.69. The highest BCUT2D eigenvalue weighted by molar-refractivity contribution is 5.94. The van der Waals surface area contributed by atoms with Crippen molar-refractivity contribution < 1.29 is 14.8 Å². The summed E-state index contributed by atoms with van der Waals surface area (Å²) in [7, 11) is 0. The molecular formula is C13H15N3O4. The van der Waals surface area contributed by atoms with Crippen LogP contribution in [0, 0.1) is 22.0 Å². The number of carboxylic acid groups (broad SMARTS) is 1. The Hall–Kier alpha value is -2.18. The quantitative estimate of drug-likeness (QED) is 0.669. The van der Waals surface area contributed by atoms with Crippen LogP contribution >= 0.6 is 0 Å². The molecule has 2 aliphatic rings. The van der Waals surface area contributed by atoms with E-state index in [1.807, 2.05) is 4.90 Å². The van der Waals surface area contributed by atoms with E-state index in [1.54, 1.807) is 0 Å². The van der Waals surface area contributed by atoms with Crippen molar-refractivity contribution in [1.29, 1.82) is 0 Å². The van der Waals surface area contributed by atoms with Crippen molar-refractivity contribution in [2.24, 2.45) is 11.8 Å². The van der Waals surface area contributed by atoms with E-state index in [-0.39, 0.29) is 11.3 Å². The molecule has 1 saturated carbocycles. The molecule has 0 radical (unpaired) electrons. The number of hydrogen-bond donors (Lipinski definition) is 1. The lowest BCUT2D eigenvalue weighted by molar-refractivity contribution is -0.385. The zero-order valence-electron chi connectivity index (χ0n) is 10.9. The minimum absolute atomic E-state index is 0.0841. The molecule has 1 aliphatic carbocycles. The molecule has 2 unspecified atom stereocenters. The molecule has 1 N–H and O–H groups in total. The molecule has 3 rings (SSSR count). The van der Waals surface area contributed by atoms with Gasteiger partial charge in [-0.3, -0.25) is 10.1 Å². The first-order chi connectivity index (χ1) is 9.56. The number of pyridine rings is 1. The number of nitro groups is 1. The van der Waals surface area contributed by atoms with Gasteiger partial charge in [-0.2, -0.15) is 0 Å². The molecule has 0 amide bonds. The van der Waals surface area contributed by atoms with E-state index in [2.05, 4.69) is 4.98 Å². The van der Waals surface area contributed by atoms with Crippen LogP contribution < -0.4 is 4.90 Å². The lowest BCUT2D eigenvalue weighted by atomic mass is 10.0. The zero-order chi connectivity index (χ0) is 14.3. The molecule has 2 atom stereocenters. The molecule has 2 heterocycles. The second-order valence-corrected chi connectivity index (χ2v) is 5.48. The van der Waals surface area contributed by atoms with Crippen molar-refractivity contribution in [2.75, 3.05) is 18.0 Å². The number of anilines is 1. The van der Waals surface area contributed by atoms with Crippen LogP contribution in [0.5, 0.6) is 0 Å². The van der Waals surface area contributed by atoms with Crippen LogP contribution in [0.25, 0.3) is 0 Å². The number of carboxylic acids is 1. The summed E-state index contributed by atoms with van der Waals surface area (Å²) in [6.45, 7) is 1.60. The Balaban J connectivity index is 1.93. The summed E-state index contributed by atoms with van der Waals surface area (Å²) in [5.74, 6) is 0.396. The molecule has 20 heavy (non-hydrogen) atoms. The monoisotopic (exact) mass is 277 g/mol. The predicted molar refractivity (Wildman–Crippen MR) is 70.9 cm³/mol. The van der Waals surface area contributed by atoms with Gasteiger partial charge in [0.1, 0.15) is 17.6 Å². The van der Waals surface area contributed by atoms with Crippen LogP contribution in [0.4, 0.5) is 11.5 Å². The molecule has 0 spiro atoms. The van der Waals surface area contributed by atoms with Gasteiger partial charge in [0.05, 0.1) is 4.92 Å². The topological polar surface area (TPSA) is 96.6 Å². The van der Waals surface area contributed by atoms with Crippen LogP contribution in [0.1, 0.15) is 29.6 Å². The van der Waals surface area contributed by atoms with E-state index >= 15 is 0 Å². The average molecular weight is 277 g/mol. The number of hydrogen-bond acceptors (Lipinski definition) is 5. The highest BCUT2D eigenvalue weighted by Crippen LogP contribution is 2.40. The lowest BCUT2D eigenvalue weighted by Gasteiger charge is -2.19. The second-order valence-electron chi connectivity index (χ2n) is 5.48. The fourth-order valence-electron chi connectivity index (χ4n) is 3.36. The fraction of sp³-hybridized carbons (Fsp3) is 0.538. The molecule has 0 bridgehead atoms. The molecular weight excluding hydrogens is 262 g/mol. The van der Waals surface area contributed by atoms with E-state index in [0.717, 1.165) is 25.4 Å². The Bertz CT molecular complexity index is 563. The molecule has 106 valence electrons. The van der Waals surface area contributed by atoms with Crippen LogP contribution in [0.2, 0.25) is 0 Å². The predicted octanol–water partition coefficient (Wildman–Crippen LogP) is 1.92. The first-order valence-electron chi connectivity index (χ1n) is 6.69. The first kappa shape index (κ1) is 12.8. The van der Waals surface area contributed by atoms with Crippen LogP contribution in [-0.4, -0.2) is 34.1 Å².